The first-order chi connectivity index (χ1) is 12.9. The monoisotopic (exact) mass is 376 g/mol. The van der Waals surface area contributed by atoms with Crippen LogP contribution in [0.2, 0.25) is 0 Å². The highest BCUT2D eigenvalue weighted by Gasteiger charge is 2.41. The molecule has 1 fully saturated rings. The summed E-state index contributed by atoms with van der Waals surface area (Å²) in [6.07, 6.45) is 1.02. The number of amides is 1. The Balaban J connectivity index is 1.63. The van der Waals surface area contributed by atoms with Gasteiger partial charge in [-0.2, -0.15) is 5.10 Å². The second-order valence-electron chi connectivity index (χ2n) is 6.97. The molecule has 146 valence electrons. The van der Waals surface area contributed by atoms with Gasteiger partial charge in [-0.1, -0.05) is 0 Å². The van der Waals surface area contributed by atoms with Crippen molar-refractivity contribution in [2.24, 2.45) is 0 Å². The van der Waals surface area contributed by atoms with Gasteiger partial charge in [0.2, 0.25) is 0 Å². The van der Waals surface area contributed by atoms with Gasteiger partial charge in [-0.3, -0.25) is 9.89 Å². The van der Waals surface area contributed by atoms with Crippen LogP contribution in [-0.4, -0.2) is 51.9 Å². The summed E-state index contributed by atoms with van der Waals surface area (Å²) in [5.74, 6) is -0.256. The third kappa shape index (κ3) is 4.45. The predicted octanol–water partition coefficient (Wildman–Crippen LogP) is 1.51. The second kappa shape index (κ2) is 8.06. The summed E-state index contributed by atoms with van der Waals surface area (Å²) >= 11 is 0. The third-order valence-corrected chi connectivity index (χ3v) is 4.80. The molecule has 7 nitrogen and oxygen atoms in total. The number of halogens is 1. The van der Waals surface area contributed by atoms with Crippen LogP contribution >= 0.6 is 0 Å². The molecular weight excluding hydrogens is 351 g/mol. The van der Waals surface area contributed by atoms with Crippen molar-refractivity contribution >= 4 is 5.91 Å². The molecule has 0 bridgehead atoms. The van der Waals surface area contributed by atoms with Gasteiger partial charge in [-0.15, -0.1) is 0 Å². The van der Waals surface area contributed by atoms with Crippen LogP contribution < -0.4 is 10.1 Å². The Morgan fingerprint density at radius 2 is 2.26 bits per heavy atom. The lowest BCUT2D eigenvalue weighted by Crippen LogP contribution is -2.57. The first kappa shape index (κ1) is 19.3. The van der Waals surface area contributed by atoms with Crippen molar-refractivity contribution in [1.82, 2.24) is 20.4 Å². The number of aromatic nitrogens is 2. The Morgan fingerprint density at radius 1 is 1.44 bits per heavy atom. The van der Waals surface area contributed by atoms with Crippen LogP contribution in [0.3, 0.4) is 0 Å². The number of aliphatic hydroxyl groups is 1. The lowest BCUT2D eigenvalue weighted by Gasteiger charge is -2.38. The number of carbonyl (C=O) groups excluding carboxylic acids is 1. The number of hydrogen-bond donors (Lipinski definition) is 3. The van der Waals surface area contributed by atoms with Crippen LogP contribution in [0.4, 0.5) is 4.39 Å². The highest BCUT2D eigenvalue weighted by atomic mass is 19.1. The van der Waals surface area contributed by atoms with Gasteiger partial charge in [-0.25, -0.2) is 4.39 Å². The zero-order valence-corrected chi connectivity index (χ0v) is 15.6. The molecule has 1 saturated heterocycles. The van der Waals surface area contributed by atoms with E-state index in [1.807, 2.05) is 13.0 Å². The first-order valence-electron chi connectivity index (χ1n) is 8.97. The van der Waals surface area contributed by atoms with E-state index >= 15 is 0 Å². The molecule has 3 N–H and O–H groups in total. The van der Waals surface area contributed by atoms with E-state index in [0.29, 0.717) is 37.2 Å². The summed E-state index contributed by atoms with van der Waals surface area (Å²) in [7, 11) is 1.51. The van der Waals surface area contributed by atoms with E-state index in [0.717, 1.165) is 11.4 Å². The standard InChI is InChI=1S/C19H25FN4O3/c1-13-8-15(23-22-13)10-21-12-19(26)6-3-7-24(18(19)25)11-14-9-16(27-2)4-5-17(14)20/h4-5,8-9,21,26H,3,6-7,10-12H2,1-2H3,(H,22,23). The fraction of sp³-hybridized carbons (Fsp3) is 0.474. The van der Waals surface area contributed by atoms with Gasteiger partial charge in [0.25, 0.3) is 5.91 Å². The number of carbonyl (C=O) groups is 1. The molecule has 2 heterocycles. The molecule has 8 heteroatoms. The molecule has 1 aromatic carbocycles. The lowest BCUT2D eigenvalue weighted by molar-refractivity contribution is -0.157. The Bertz CT molecular complexity index is 810. The first-order valence-corrected chi connectivity index (χ1v) is 8.97. The summed E-state index contributed by atoms with van der Waals surface area (Å²) < 4.78 is 19.2. The van der Waals surface area contributed by atoms with Gasteiger partial charge in [-0.05, 0) is 44.0 Å². The average molecular weight is 376 g/mol. The van der Waals surface area contributed by atoms with Crippen molar-refractivity contribution < 1.29 is 19.0 Å². The van der Waals surface area contributed by atoms with E-state index in [4.69, 9.17) is 4.74 Å². The summed E-state index contributed by atoms with van der Waals surface area (Å²) in [5, 5.41) is 20.9. The molecule has 27 heavy (non-hydrogen) atoms. The van der Waals surface area contributed by atoms with Gasteiger partial charge in [0.05, 0.1) is 12.8 Å². The number of nitrogens with one attached hydrogen (secondary N) is 2. The number of aromatic amines is 1. The number of rotatable bonds is 7. The van der Waals surface area contributed by atoms with E-state index in [1.165, 1.54) is 24.1 Å². The molecule has 1 atom stereocenters. The van der Waals surface area contributed by atoms with Crippen LogP contribution in [0.1, 0.15) is 29.8 Å². The zero-order chi connectivity index (χ0) is 19.4. The van der Waals surface area contributed by atoms with Crippen molar-refractivity contribution in [2.75, 3.05) is 20.2 Å². The SMILES string of the molecule is COc1ccc(F)c(CN2CCCC(O)(CNCc3cc(C)[nH]n3)C2=O)c1. The van der Waals surface area contributed by atoms with Crippen molar-refractivity contribution in [2.45, 2.75) is 38.5 Å². The van der Waals surface area contributed by atoms with E-state index in [9.17, 15) is 14.3 Å². The second-order valence-corrected chi connectivity index (χ2v) is 6.97. The molecule has 3 rings (SSSR count). The number of H-pyrrole nitrogens is 1. The fourth-order valence-electron chi connectivity index (χ4n) is 3.35. The molecule has 2 aromatic rings. The quantitative estimate of drug-likeness (QED) is 0.682. The maximum Gasteiger partial charge on any atom is 0.256 e. The van der Waals surface area contributed by atoms with Crippen molar-refractivity contribution in [3.05, 3.63) is 47.0 Å². The van der Waals surface area contributed by atoms with Crippen LogP contribution in [0.25, 0.3) is 0 Å². The topological polar surface area (TPSA) is 90.5 Å². The van der Waals surface area contributed by atoms with Crippen LogP contribution in [0.5, 0.6) is 5.75 Å². The maximum atomic E-state index is 14.1. The van der Waals surface area contributed by atoms with Gasteiger partial charge < -0.3 is 20.1 Å². The molecule has 0 spiro atoms. The van der Waals surface area contributed by atoms with Gasteiger partial charge in [0, 0.05) is 37.4 Å². The number of nitrogens with zero attached hydrogens (tertiary/aromatic N) is 2. The van der Waals surface area contributed by atoms with Crippen molar-refractivity contribution in [3.63, 3.8) is 0 Å². The fourth-order valence-corrected chi connectivity index (χ4v) is 3.35. The Labute approximate surface area is 157 Å². The normalized spacial score (nSPS) is 20.1. The maximum absolute atomic E-state index is 14.1. The molecule has 0 aliphatic carbocycles. The van der Waals surface area contributed by atoms with E-state index in [-0.39, 0.29) is 19.0 Å². The number of methoxy groups -OCH3 is 1. The number of benzene rings is 1. The molecule has 1 aliphatic rings. The highest BCUT2D eigenvalue weighted by Crippen LogP contribution is 2.25. The Morgan fingerprint density at radius 3 is 2.96 bits per heavy atom. The largest absolute Gasteiger partial charge is 0.497 e. The van der Waals surface area contributed by atoms with E-state index in [1.54, 1.807) is 6.07 Å². The number of hydrogen-bond acceptors (Lipinski definition) is 5. The predicted molar refractivity (Wildman–Crippen MR) is 97.6 cm³/mol. The smallest absolute Gasteiger partial charge is 0.256 e. The minimum Gasteiger partial charge on any atom is -0.497 e. The molecule has 0 saturated carbocycles. The van der Waals surface area contributed by atoms with E-state index < -0.39 is 11.4 Å². The summed E-state index contributed by atoms with van der Waals surface area (Å²) in [4.78, 5) is 14.3. The zero-order valence-electron chi connectivity index (χ0n) is 15.6. The van der Waals surface area contributed by atoms with Gasteiger partial charge in [0.15, 0.2) is 5.60 Å². The summed E-state index contributed by atoms with van der Waals surface area (Å²) in [6.45, 7) is 3.06. The van der Waals surface area contributed by atoms with Crippen LogP contribution in [0, 0.1) is 12.7 Å². The molecule has 1 aliphatic heterocycles. The average Bonchev–Trinajstić information content (AvgIpc) is 3.06. The Kier molecular flexibility index (Phi) is 5.76. The number of piperidine rings is 1. The lowest BCUT2D eigenvalue weighted by atomic mass is 9.91. The molecule has 0 radical (unpaired) electrons. The minimum absolute atomic E-state index is 0.0999. The minimum atomic E-state index is -1.50. The summed E-state index contributed by atoms with van der Waals surface area (Å²) in [6, 6.07) is 6.34. The van der Waals surface area contributed by atoms with Crippen molar-refractivity contribution in [1.29, 1.82) is 0 Å². The van der Waals surface area contributed by atoms with E-state index in [2.05, 4.69) is 15.5 Å². The number of likely N-dealkylation sites (tertiary alicyclic amines) is 1. The van der Waals surface area contributed by atoms with Gasteiger partial charge in [0.1, 0.15) is 11.6 Å². The molecule has 1 amide bonds. The van der Waals surface area contributed by atoms with Crippen molar-refractivity contribution in [3.8, 4) is 5.75 Å². The summed E-state index contributed by atoms with van der Waals surface area (Å²) in [5.41, 5.74) is 0.631. The highest BCUT2D eigenvalue weighted by molar-refractivity contribution is 5.86. The van der Waals surface area contributed by atoms with Crippen LogP contribution in [0.15, 0.2) is 24.3 Å². The van der Waals surface area contributed by atoms with Gasteiger partial charge >= 0.3 is 0 Å². The number of aryl methyl sites for hydroxylation is 1. The number of ether oxygens (including phenoxy) is 1. The van der Waals surface area contributed by atoms with Crippen LogP contribution in [-0.2, 0) is 17.9 Å². The molecular formula is C19H25FN4O3. The Hall–Kier alpha value is -2.45. The third-order valence-electron chi connectivity index (χ3n) is 4.80. The molecule has 1 aromatic heterocycles. The molecule has 1 unspecified atom stereocenters.